The fourth-order valence-corrected chi connectivity index (χ4v) is 7.21. The maximum Gasteiger partial charge on any atom is 0.264 e. The van der Waals surface area contributed by atoms with E-state index in [9.17, 15) is 18.0 Å². The van der Waals surface area contributed by atoms with Gasteiger partial charge in [-0.1, -0.05) is 91.9 Å². The molecule has 0 bridgehead atoms. The van der Waals surface area contributed by atoms with Gasteiger partial charge in [-0.25, -0.2) is 8.42 Å². The summed E-state index contributed by atoms with van der Waals surface area (Å²) in [7, 11) is -4.15. The number of sulfonamides is 1. The summed E-state index contributed by atoms with van der Waals surface area (Å²) < 4.78 is 29.2. The number of aryl methyl sites for hydroxylation is 2. The van der Waals surface area contributed by atoms with Gasteiger partial charge in [-0.15, -0.1) is 0 Å². The lowest BCUT2D eigenvalue weighted by Gasteiger charge is -2.35. The van der Waals surface area contributed by atoms with Crippen LogP contribution < -0.4 is 9.62 Å². The van der Waals surface area contributed by atoms with Crippen LogP contribution in [-0.4, -0.2) is 43.8 Å². The molecule has 1 N–H and O–H groups in total. The average Bonchev–Trinajstić information content (AvgIpc) is 2.98. The Bertz CT molecular complexity index is 1490. The first-order valence-corrected chi connectivity index (χ1v) is 16.4. The third-order valence-corrected chi connectivity index (χ3v) is 9.83. The van der Waals surface area contributed by atoms with E-state index in [1.54, 1.807) is 43.3 Å². The van der Waals surface area contributed by atoms with Crippen molar-refractivity contribution in [2.75, 3.05) is 10.8 Å². The zero-order valence-corrected chi connectivity index (χ0v) is 26.1. The average molecular weight is 610 g/mol. The Hall–Kier alpha value is -3.36. The van der Waals surface area contributed by atoms with E-state index in [0.29, 0.717) is 22.7 Å². The van der Waals surface area contributed by atoms with Crippen LogP contribution >= 0.6 is 11.6 Å². The molecular formula is C33H40ClN3O4S. The monoisotopic (exact) mass is 609 g/mol. The van der Waals surface area contributed by atoms with Gasteiger partial charge in [-0.2, -0.15) is 0 Å². The predicted molar refractivity (Wildman–Crippen MR) is 168 cm³/mol. The molecule has 1 atom stereocenters. The number of nitrogens with zero attached hydrogens (tertiary/aromatic N) is 2. The number of benzene rings is 3. The molecule has 3 aromatic rings. The van der Waals surface area contributed by atoms with Crippen LogP contribution in [0, 0.1) is 13.8 Å². The van der Waals surface area contributed by atoms with Crippen LogP contribution in [0.25, 0.3) is 0 Å². The Balaban J connectivity index is 1.73. The molecule has 0 aromatic heterocycles. The maximum absolute atomic E-state index is 14.3. The van der Waals surface area contributed by atoms with E-state index in [1.807, 2.05) is 38.1 Å². The normalized spacial score (nSPS) is 14.7. The smallest absolute Gasteiger partial charge is 0.264 e. The standard InChI is InChI=1S/C33H40ClN3O4S/c1-4-30(33(39)35-28-14-7-5-8-15-28)36(22-26-13-11-12-24(2)20-26)32(38)23-37(31-21-27(34)19-18-25(31)3)42(40,41)29-16-9-6-10-17-29/h6,9-13,16-21,28,30H,4-5,7-8,14-15,22-23H2,1-3H3,(H,35,39)/t30-/m0/s1. The van der Waals surface area contributed by atoms with Crippen molar-refractivity contribution < 1.29 is 18.0 Å². The summed E-state index contributed by atoms with van der Waals surface area (Å²) in [6.07, 6.45) is 5.53. The number of rotatable bonds is 11. The van der Waals surface area contributed by atoms with Gasteiger partial charge in [0, 0.05) is 17.6 Å². The van der Waals surface area contributed by atoms with Crippen LogP contribution in [0.2, 0.25) is 5.02 Å². The van der Waals surface area contributed by atoms with Crippen molar-refractivity contribution in [1.82, 2.24) is 10.2 Å². The van der Waals surface area contributed by atoms with E-state index in [0.717, 1.165) is 47.5 Å². The summed E-state index contributed by atoms with van der Waals surface area (Å²) in [5, 5.41) is 3.53. The van der Waals surface area contributed by atoms with Gasteiger partial charge in [-0.3, -0.25) is 13.9 Å². The topological polar surface area (TPSA) is 86.8 Å². The van der Waals surface area contributed by atoms with Gasteiger partial charge in [0.15, 0.2) is 0 Å². The quantitative estimate of drug-likeness (QED) is 0.272. The zero-order chi connectivity index (χ0) is 30.3. The lowest BCUT2D eigenvalue weighted by atomic mass is 9.95. The summed E-state index contributed by atoms with van der Waals surface area (Å²) in [6.45, 7) is 5.31. The number of carbonyl (C=O) groups is 2. The van der Waals surface area contributed by atoms with Crippen molar-refractivity contribution in [3.05, 3.63) is 94.5 Å². The van der Waals surface area contributed by atoms with Crippen LogP contribution in [0.4, 0.5) is 5.69 Å². The second-order valence-corrected chi connectivity index (χ2v) is 13.3. The molecule has 0 heterocycles. The Morgan fingerprint density at radius 3 is 2.33 bits per heavy atom. The number of nitrogens with one attached hydrogen (secondary N) is 1. The fraction of sp³-hybridized carbons (Fsp3) is 0.394. The second kappa shape index (κ2) is 14.2. The first kappa shape index (κ1) is 31.6. The predicted octanol–water partition coefficient (Wildman–Crippen LogP) is 6.41. The van der Waals surface area contributed by atoms with E-state index in [1.165, 1.54) is 17.0 Å². The molecule has 1 fully saturated rings. The third-order valence-electron chi connectivity index (χ3n) is 7.82. The minimum atomic E-state index is -4.15. The van der Waals surface area contributed by atoms with Crippen molar-refractivity contribution in [3.8, 4) is 0 Å². The van der Waals surface area contributed by atoms with Crippen molar-refractivity contribution in [2.45, 2.75) is 82.8 Å². The van der Waals surface area contributed by atoms with Gasteiger partial charge in [-0.05, 0) is 68.5 Å². The van der Waals surface area contributed by atoms with Crippen molar-refractivity contribution in [2.24, 2.45) is 0 Å². The summed E-state index contributed by atoms with van der Waals surface area (Å²) in [5.41, 5.74) is 2.86. The molecule has 1 aliphatic carbocycles. The van der Waals surface area contributed by atoms with Crippen LogP contribution in [0.15, 0.2) is 77.7 Å². The summed E-state index contributed by atoms with van der Waals surface area (Å²) >= 11 is 6.32. The lowest BCUT2D eigenvalue weighted by Crippen LogP contribution is -2.54. The second-order valence-electron chi connectivity index (χ2n) is 11.0. The number of anilines is 1. The Morgan fingerprint density at radius 1 is 0.952 bits per heavy atom. The number of hydrogen-bond acceptors (Lipinski definition) is 4. The molecule has 1 aliphatic rings. The van der Waals surface area contributed by atoms with Crippen LogP contribution in [-0.2, 0) is 26.2 Å². The molecule has 3 aromatic carbocycles. The van der Waals surface area contributed by atoms with Gasteiger partial charge < -0.3 is 10.2 Å². The molecule has 2 amide bonds. The van der Waals surface area contributed by atoms with Gasteiger partial charge in [0.25, 0.3) is 10.0 Å². The first-order chi connectivity index (χ1) is 20.1. The van der Waals surface area contributed by atoms with Crippen LogP contribution in [0.5, 0.6) is 0 Å². The molecule has 0 saturated heterocycles. The highest BCUT2D eigenvalue weighted by Gasteiger charge is 2.35. The minimum Gasteiger partial charge on any atom is -0.352 e. The van der Waals surface area contributed by atoms with Crippen LogP contribution in [0.1, 0.15) is 62.1 Å². The zero-order valence-electron chi connectivity index (χ0n) is 24.6. The van der Waals surface area contributed by atoms with E-state index < -0.39 is 28.5 Å². The lowest BCUT2D eigenvalue weighted by molar-refractivity contribution is -0.140. The number of carbonyl (C=O) groups excluding carboxylic acids is 2. The maximum atomic E-state index is 14.3. The van der Waals surface area contributed by atoms with Crippen molar-refractivity contribution >= 4 is 39.1 Å². The summed E-state index contributed by atoms with van der Waals surface area (Å²) in [6, 6.07) is 20.1. The summed E-state index contributed by atoms with van der Waals surface area (Å²) in [4.78, 5) is 29.5. The largest absolute Gasteiger partial charge is 0.352 e. The highest BCUT2D eigenvalue weighted by molar-refractivity contribution is 7.92. The molecule has 9 heteroatoms. The number of halogens is 1. The molecule has 0 radical (unpaired) electrons. The summed E-state index contributed by atoms with van der Waals surface area (Å²) in [5.74, 6) is -0.678. The molecular weight excluding hydrogens is 570 g/mol. The van der Waals surface area contributed by atoms with Crippen LogP contribution in [0.3, 0.4) is 0 Å². The minimum absolute atomic E-state index is 0.0597. The first-order valence-electron chi connectivity index (χ1n) is 14.6. The van der Waals surface area contributed by atoms with E-state index in [-0.39, 0.29) is 23.4 Å². The van der Waals surface area contributed by atoms with Gasteiger partial charge in [0.1, 0.15) is 12.6 Å². The molecule has 0 aliphatic heterocycles. The highest BCUT2D eigenvalue weighted by Crippen LogP contribution is 2.30. The Kier molecular flexibility index (Phi) is 10.7. The molecule has 0 spiro atoms. The van der Waals surface area contributed by atoms with E-state index in [4.69, 9.17) is 11.6 Å². The number of amides is 2. The highest BCUT2D eigenvalue weighted by atomic mass is 35.5. The van der Waals surface area contributed by atoms with E-state index in [2.05, 4.69) is 5.32 Å². The molecule has 4 rings (SSSR count). The molecule has 1 saturated carbocycles. The third kappa shape index (κ3) is 7.72. The SMILES string of the molecule is CC[C@@H](C(=O)NC1CCCCC1)N(Cc1cccc(C)c1)C(=O)CN(c1cc(Cl)ccc1C)S(=O)(=O)c1ccccc1. The molecule has 42 heavy (non-hydrogen) atoms. The van der Waals surface area contributed by atoms with Gasteiger partial charge in [0.05, 0.1) is 10.6 Å². The Labute approximate surface area is 254 Å². The molecule has 224 valence electrons. The van der Waals surface area contributed by atoms with E-state index >= 15 is 0 Å². The molecule has 7 nitrogen and oxygen atoms in total. The van der Waals surface area contributed by atoms with Crippen molar-refractivity contribution in [3.63, 3.8) is 0 Å². The Morgan fingerprint density at radius 2 is 1.67 bits per heavy atom. The molecule has 0 unspecified atom stereocenters. The van der Waals surface area contributed by atoms with Gasteiger partial charge >= 0.3 is 0 Å². The fourth-order valence-electron chi connectivity index (χ4n) is 5.56. The van der Waals surface area contributed by atoms with Crippen molar-refractivity contribution in [1.29, 1.82) is 0 Å². The number of hydrogen-bond donors (Lipinski definition) is 1. The van der Waals surface area contributed by atoms with Gasteiger partial charge in [0.2, 0.25) is 11.8 Å².